The number of nitrogens with zero attached hydrogens (tertiary/aromatic N) is 4. The fourth-order valence-corrected chi connectivity index (χ4v) is 9.08. The molecule has 314 valence electrons. The number of aromatic hydroxyl groups is 1. The van der Waals surface area contributed by atoms with Crippen LogP contribution in [0.5, 0.6) is 5.75 Å². The van der Waals surface area contributed by atoms with Gasteiger partial charge in [-0.2, -0.15) is 0 Å². The van der Waals surface area contributed by atoms with E-state index in [1.807, 2.05) is 31.2 Å². The maximum atomic E-state index is 14.5. The number of carbonyl (C=O) groups is 2. The zero-order valence-electron chi connectivity index (χ0n) is 33.5. The molecule has 0 aliphatic heterocycles. The van der Waals surface area contributed by atoms with E-state index in [-0.39, 0.29) is 83.1 Å². The Kier molecular flexibility index (Phi) is 16.8. The molecule has 0 amide bonds. The number of aliphatic hydroxyl groups is 1. The van der Waals surface area contributed by atoms with Crippen molar-refractivity contribution in [3.05, 3.63) is 52.1 Å². The molecule has 3 aliphatic carbocycles. The number of nitrogens with two attached hydrogens (primary N) is 8. The molecule has 0 heterocycles. The van der Waals surface area contributed by atoms with Crippen molar-refractivity contribution in [3.8, 4) is 5.75 Å². The van der Waals surface area contributed by atoms with Crippen molar-refractivity contribution in [3.63, 3.8) is 0 Å². The third-order valence-electron chi connectivity index (χ3n) is 11.8. The van der Waals surface area contributed by atoms with Gasteiger partial charge in [0.25, 0.3) is 0 Å². The maximum Gasteiger partial charge on any atom is 0.185 e. The Morgan fingerprint density at radius 3 is 1.91 bits per heavy atom. The summed E-state index contributed by atoms with van der Waals surface area (Å²) >= 11 is 0. The van der Waals surface area contributed by atoms with Crippen LogP contribution in [0.15, 0.2) is 55.4 Å². The molecular formula is C41H66N12O4. The minimum absolute atomic E-state index is 0.00172. The van der Waals surface area contributed by atoms with Gasteiger partial charge in [-0.05, 0) is 117 Å². The van der Waals surface area contributed by atoms with Crippen LogP contribution in [0.1, 0.15) is 87.8 Å². The predicted molar refractivity (Wildman–Crippen MR) is 227 cm³/mol. The van der Waals surface area contributed by atoms with Gasteiger partial charge in [0.2, 0.25) is 0 Å². The van der Waals surface area contributed by atoms with Crippen LogP contribution in [-0.2, 0) is 28.9 Å². The molecule has 1 aromatic rings. The van der Waals surface area contributed by atoms with Gasteiger partial charge < -0.3 is 56.1 Å². The predicted octanol–water partition coefficient (Wildman–Crippen LogP) is 1.12. The van der Waals surface area contributed by atoms with Crippen LogP contribution in [0, 0.1) is 35.5 Å². The second-order valence-corrected chi connectivity index (χ2v) is 16.1. The average molecular weight is 791 g/mol. The zero-order chi connectivity index (χ0) is 41.6. The molecule has 4 rings (SSSR count). The summed E-state index contributed by atoms with van der Waals surface area (Å²) in [6, 6.07) is 3.88. The van der Waals surface area contributed by atoms with E-state index >= 15 is 0 Å². The van der Waals surface area contributed by atoms with E-state index in [9.17, 15) is 19.8 Å². The van der Waals surface area contributed by atoms with Gasteiger partial charge in [0, 0.05) is 50.9 Å². The Labute approximate surface area is 336 Å². The molecule has 1 aromatic carbocycles. The molecule has 7 atom stereocenters. The highest BCUT2D eigenvalue weighted by Crippen LogP contribution is 2.45. The summed E-state index contributed by atoms with van der Waals surface area (Å²) in [7, 11) is 0. The summed E-state index contributed by atoms with van der Waals surface area (Å²) in [5, 5.41) is 23.4. The summed E-state index contributed by atoms with van der Waals surface area (Å²) in [6.07, 6.45) is 10.8. The van der Waals surface area contributed by atoms with Crippen LogP contribution in [0.3, 0.4) is 0 Å². The Bertz CT molecular complexity index is 1740. The molecule has 3 aliphatic rings. The quantitative estimate of drug-likeness (QED) is 0.0536. The van der Waals surface area contributed by atoms with Crippen molar-refractivity contribution >= 4 is 35.4 Å². The van der Waals surface area contributed by atoms with E-state index in [0.717, 1.165) is 29.5 Å². The molecule has 18 N–H and O–H groups in total. The van der Waals surface area contributed by atoms with Gasteiger partial charge in [0.05, 0.1) is 6.10 Å². The number of Topliss-reactive ketones (excluding diaryl/α,β-unsaturated/α-hetero) is 2. The summed E-state index contributed by atoms with van der Waals surface area (Å²) in [5.74, 6) is -0.273. The van der Waals surface area contributed by atoms with Crippen LogP contribution in [0.25, 0.3) is 0 Å². The minimum Gasteiger partial charge on any atom is -0.507 e. The van der Waals surface area contributed by atoms with Gasteiger partial charge >= 0.3 is 0 Å². The van der Waals surface area contributed by atoms with Gasteiger partial charge in [-0.15, -0.1) is 0 Å². The molecule has 0 saturated heterocycles. The summed E-state index contributed by atoms with van der Waals surface area (Å²) < 4.78 is 0. The second kappa shape index (κ2) is 21.4. The highest BCUT2D eigenvalue weighted by molar-refractivity contribution is 5.98. The van der Waals surface area contributed by atoms with Gasteiger partial charge in [-0.25, -0.2) is 0 Å². The summed E-state index contributed by atoms with van der Waals surface area (Å²) in [6.45, 7) is 3.69. The number of guanidine groups is 4. The largest absolute Gasteiger partial charge is 0.507 e. The van der Waals surface area contributed by atoms with E-state index < -0.39 is 6.10 Å². The number of benzene rings is 1. The fourth-order valence-electron chi connectivity index (χ4n) is 9.08. The van der Waals surface area contributed by atoms with Crippen molar-refractivity contribution in [2.45, 2.75) is 96.5 Å². The van der Waals surface area contributed by atoms with Gasteiger partial charge in [-0.1, -0.05) is 36.8 Å². The van der Waals surface area contributed by atoms with Crippen LogP contribution >= 0.6 is 0 Å². The first-order valence-corrected chi connectivity index (χ1v) is 20.3. The number of aliphatic hydroxyl groups excluding tert-OH is 1. The van der Waals surface area contributed by atoms with Gasteiger partial charge in [0.15, 0.2) is 29.6 Å². The number of ketones is 2. The van der Waals surface area contributed by atoms with E-state index in [1.165, 1.54) is 0 Å². The van der Waals surface area contributed by atoms with Crippen molar-refractivity contribution in [2.75, 3.05) is 26.2 Å². The highest BCUT2D eigenvalue weighted by atomic mass is 16.3. The number of aryl methyl sites for hydroxylation is 1. The molecule has 57 heavy (non-hydrogen) atoms. The topological polar surface area (TPSA) is 332 Å². The van der Waals surface area contributed by atoms with Gasteiger partial charge in [0.1, 0.15) is 11.5 Å². The van der Waals surface area contributed by atoms with E-state index in [1.54, 1.807) is 0 Å². The summed E-state index contributed by atoms with van der Waals surface area (Å²) in [5.41, 5.74) is 48.9. The van der Waals surface area contributed by atoms with Crippen LogP contribution < -0.4 is 45.9 Å². The maximum absolute atomic E-state index is 14.5. The van der Waals surface area contributed by atoms with Crippen molar-refractivity contribution in [1.29, 1.82) is 0 Å². The lowest BCUT2D eigenvalue weighted by molar-refractivity contribution is -0.124. The normalized spacial score (nSPS) is 24.8. The molecule has 16 nitrogen and oxygen atoms in total. The van der Waals surface area contributed by atoms with E-state index in [4.69, 9.17) is 45.9 Å². The third-order valence-corrected chi connectivity index (χ3v) is 11.8. The molecule has 0 radical (unpaired) electrons. The first kappa shape index (κ1) is 44.6. The lowest BCUT2D eigenvalue weighted by atomic mass is 9.64. The van der Waals surface area contributed by atoms with Crippen LogP contribution in [0.2, 0.25) is 0 Å². The third kappa shape index (κ3) is 13.8. The second-order valence-electron chi connectivity index (χ2n) is 16.1. The number of allylic oxidation sites excluding steroid dienone is 3. The number of hydrogen-bond acceptors (Lipinski definition) is 8. The zero-order valence-corrected chi connectivity index (χ0v) is 33.5. The molecule has 16 heteroatoms. The standard InChI is InChI=1S/C41H66N12O4/c1-2-27-14-24(6-10-51-39(44)45)15-30(35(27)55)21-31-18-26(8-12-53-41(48)49)19-33(37(31)57)22-32-17-25(7-11-52-40(46)47)16-29(36(32)56)20-28-13-23(3-4-34(28)54)5-9-50-38(42)43/h3,14-15,18,25-26,28-29,32-33,36,55-56H,2,4-13,16-17,19-22H2,1H3,(H4,42,43,50)(H4,44,45,51)(H4,46,47,52)(H4,48,49,53). The lowest BCUT2D eigenvalue weighted by Gasteiger charge is -2.42. The van der Waals surface area contributed by atoms with Gasteiger partial charge in [-0.3, -0.25) is 29.6 Å². The first-order valence-electron chi connectivity index (χ1n) is 20.3. The first-order chi connectivity index (χ1) is 27.1. The monoisotopic (exact) mass is 791 g/mol. The van der Waals surface area contributed by atoms with Crippen molar-refractivity contribution < 1.29 is 19.8 Å². The number of carbonyl (C=O) groups excluding carboxylic acids is 2. The molecular weight excluding hydrogens is 725 g/mol. The number of phenols is 1. The molecule has 7 unspecified atom stereocenters. The Balaban J connectivity index is 1.59. The van der Waals surface area contributed by atoms with E-state index in [0.29, 0.717) is 102 Å². The molecule has 0 bridgehead atoms. The summed E-state index contributed by atoms with van der Waals surface area (Å²) in [4.78, 5) is 44.4. The Morgan fingerprint density at radius 2 is 1.30 bits per heavy atom. The number of hydrogen-bond donors (Lipinski definition) is 10. The van der Waals surface area contributed by atoms with Crippen LogP contribution in [-0.4, -0.2) is 77.9 Å². The number of aliphatic imine (C=N–C) groups is 4. The highest BCUT2D eigenvalue weighted by Gasteiger charge is 2.42. The van der Waals surface area contributed by atoms with Crippen molar-refractivity contribution in [1.82, 2.24) is 0 Å². The number of rotatable bonds is 19. The lowest BCUT2D eigenvalue weighted by Crippen LogP contribution is -2.41. The molecule has 0 aromatic heterocycles. The minimum atomic E-state index is -0.701. The smallest absolute Gasteiger partial charge is 0.185 e. The molecule has 0 spiro atoms. The van der Waals surface area contributed by atoms with Crippen LogP contribution in [0.4, 0.5) is 0 Å². The molecule has 1 saturated carbocycles. The van der Waals surface area contributed by atoms with Crippen molar-refractivity contribution in [2.24, 2.45) is 101 Å². The number of phenolic OH excluding ortho intramolecular Hbond substituents is 1. The Morgan fingerprint density at radius 1 is 0.737 bits per heavy atom. The SMILES string of the molecule is CCc1cc(CCN=C(N)N)cc(CC2=CC(CCN=C(N)N)CC(CC3CC(CCN=C(N)N)CC(CC4CC(CCN=C(N)N)=CCC4=O)C3O)C2=O)c1O. The molecule has 1 fully saturated rings. The fraction of sp³-hybridized carbons (Fsp3) is 0.610. The average Bonchev–Trinajstić information content (AvgIpc) is 3.13. The van der Waals surface area contributed by atoms with E-state index in [2.05, 4.69) is 20.0 Å². The Hall–Kier alpha value is -5.12.